The molecule has 0 bridgehead atoms. The molecule has 84 valence electrons. The quantitative estimate of drug-likeness (QED) is 0.645. The van der Waals surface area contributed by atoms with Crippen molar-refractivity contribution in [1.29, 1.82) is 0 Å². The number of hydrogen-bond acceptors (Lipinski definition) is 3. The summed E-state index contributed by atoms with van der Waals surface area (Å²) in [5.41, 5.74) is 6.29. The number of imide groups is 1. The van der Waals surface area contributed by atoms with E-state index in [0.717, 1.165) is 12.8 Å². The number of para-hydroxylation sites is 1. The number of anilines is 1. The Labute approximate surface area is 93.0 Å². The second-order valence-electron chi connectivity index (χ2n) is 3.79. The summed E-state index contributed by atoms with van der Waals surface area (Å²) in [5, 5.41) is 4.90. The van der Waals surface area contributed by atoms with E-state index in [1.54, 1.807) is 24.3 Å². The third-order valence-electron chi connectivity index (χ3n) is 2.35. The van der Waals surface area contributed by atoms with Gasteiger partial charge in [0, 0.05) is 11.7 Å². The first-order valence-corrected chi connectivity index (χ1v) is 5.13. The van der Waals surface area contributed by atoms with Gasteiger partial charge >= 0.3 is 6.03 Å². The Kier molecular flexibility index (Phi) is 2.76. The van der Waals surface area contributed by atoms with Gasteiger partial charge in [-0.3, -0.25) is 10.1 Å². The number of rotatable bonds is 2. The first kappa shape index (κ1) is 10.5. The maximum atomic E-state index is 11.6. The molecular weight excluding hydrogens is 206 g/mol. The van der Waals surface area contributed by atoms with E-state index in [1.165, 1.54) is 0 Å². The summed E-state index contributed by atoms with van der Waals surface area (Å²) in [6, 6.07) is 6.39. The van der Waals surface area contributed by atoms with Crippen molar-refractivity contribution in [2.75, 3.05) is 5.73 Å². The molecule has 0 aromatic heterocycles. The molecule has 1 fully saturated rings. The van der Waals surface area contributed by atoms with Crippen LogP contribution in [0.2, 0.25) is 0 Å². The van der Waals surface area contributed by atoms with Crippen molar-refractivity contribution in [3.8, 4) is 0 Å². The van der Waals surface area contributed by atoms with Crippen LogP contribution in [0.3, 0.4) is 0 Å². The highest BCUT2D eigenvalue weighted by Gasteiger charge is 2.24. The zero-order valence-electron chi connectivity index (χ0n) is 8.69. The molecule has 0 atom stereocenters. The Balaban J connectivity index is 1.96. The maximum Gasteiger partial charge on any atom is 0.321 e. The summed E-state index contributed by atoms with van der Waals surface area (Å²) in [4.78, 5) is 22.9. The number of benzene rings is 1. The molecule has 0 radical (unpaired) electrons. The third-order valence-corrected chi connectivity index (χ3v) is 2.35. The van der Waals surface area contributed by atoms with Crippen molar-refractivity contribution in [3.05, 3.63) is 29.8 Å². The Morgan fingerprint density at radius 1 is 1.25 bits per heavy atom. The lowest BCUT2D eigenvalue weighted by Crippen LogP contribution is -2.40. The van der Waals surface area contributed by atoms with Crippen molar-refractivity contribution in [2.24, 2.45) is 0 Å². The predicted octanol–water partition coefficient (Wildman–Crippen LogP) is 0.871. The number of nitrogens with two attached hydrogens (primary N) is 1. The van der Waals surface area contributed by atoms with Gasteiger partial charge in [-0.2, -0.15) is 0 Å². The topological polar surface area (TPSA) is 84.2 Å². The molecular formula is C11H13N3O2. The highest BCUT2D eigenvalue weighted by molar-refractivity contribution is 6.07. The standard InChI is InChI=1S/C11H13N3O2/c12-9-4-2-1-3-8(9)10(15)14-11(16)13-7-5-6-7/h1-4,7H,5-6,12H2,(H2,13,14,15,16). The Bertz CT molecular complexity index is 427. The van der Waals surface area contributed by atoms with Gasteiger partial charge in [-0.05, 0) is 25.0 Å². The average Bonchev–Trinajstić information content (AvgIpc) is 3.01. The minimum absolute atomic E-state index is 0.223. The molecule has 4 N–H and O–H groups in total. The minimum atomic E-state index is -0.476. The zero-order valence-corrected chi connectivity index (χ0v) is 8.69. The van der Waals surface area contributed by atoms with Crippen LogP contribution in [0.1, 0.15) is 23.2 Å². The molecule has 1 aliphatic carbocycles. The number of carbonyl (C=O) groups excluding carboxylic acids is 2. The largest absolute Gasteiger partial charge is 0.398 e. The van der Waals surface area contributed by atoms with Gasteiger partial charge in [-0.15, -0.1) is 0 Å². The molecule has 1 saturated carbocycles. The van der Waals surface area contributed by atoms with Gasteiger partial charge in [0.15, 0.2) is 0 Å². The van der Waals surface area contributed by atoms with E-state index < -0.39 is 11.9 Å². The van der Waals surface area contributed by atoms with Crippen molar-refractivity contribution >= 4 is 17.6 Å². The molecule has 5 heteroatoms. The van der Waals surface area contributed by atoms with Gasteiger partial charge in [0.05, 0.1) is 5.56 Å². The average molecular weight is 219 g/mol. The van der Waals surface area contributed by atoms with Gasteiger partial charge in [0.2, 0.25) is 0 Å². The van der Waals surface area contributed by atoms with E-state index in [1.807, 2.05) is 0 Å². The van der Waals surface area contributed by atoms with E-state index in [4.69, 9.17) is 5.73 Å². The molecule has 1 aliphatic rings. The van der Waals surface area contributed by atoms with E-state index in [2.05, 4.69) is 10.6 Å². The van der Waals surface area contributed by atoms with Crippen LogP contribution >= 0.6 is 0 Å². The SMILES string of the molecule is Nc1ccccc1C(=O)NC(=O)NC1CC1. The van der Waals surface area contributed by atoms with E-state index in [9.17, 15) is 9.59 Å². The van der Waals surface area contributed by atoms with Gasteiger partial charge in [0.1, 0.15) is 0 Å². The van der Waals surface area contributed by atoms with Gasteiger partial charge in [0.25, 0.3) is 5.91 Å². The van der Waals surface area contributed by atoms with E-state index in [-0.39, 0.29) is 6.04 Å². The number of nitrogens with one attached hydrogen (secondary N) is 2. The maximum absolute atomic E-state index is 11.6. The summed E-state index contributed by atoms with van der Waals surface area (Å²) < 4.78 is 0. The normalized spacial score (nSPS) is 14.2. The number of carbonyl (C=O) groups is 2. The fraction of sp³-hybridized carbons (Fsp3) is 0.273. The summed E-state index contributed by atoms with van der Waals surface area (Å²) >= 11 is 0. The molecule has 2 rings (SSSR count). The van der Waals surface area contributed by atoms with Crippen molar-refractivity contribution in [2.45, 2.75) is 18.9 Å². The number of urea groups is 1. The smallest absolute Gasteiger partial charge is 0.321 e. The minimum Gasteiger partial charge on any atom is -0.398 e. The number of amides is 3. The molecule has 0 spiro atoms. The van der Waals surface area contributed by atoms with Crippen molar-refractivity contribution < 1.29 is 9.59 Å². The zero-order chi connectivity index (χ0) is 11.5. The molecule has 5 nitrogen and oxygen atoms in total. The summed E-state index contributed by atoms with van der Waals surface area (Å²) in [5.74, 6) is -0.476. The predicted molar refractivity (Wildman–Crippen MR) is 59.9 cm³/mol. The highest BCUT2D eigenvalue weighted by atomic mass is 16.2. The van der Waals surface area contributed by atoms with Crippen molar-refractivity contribution in [1.82, 2.24) is 10.6 Å². The van der Waals surface area contributed by atoms with Crippen LogP contribution in [0.5, 0.6) is 0 Å². The number of hydrogen-bond donors (Lipinski definition) is 3. The summed E-state index contributed by atoms with van der Waals surface area (Å²) in [6.07, 6.45) is 1.96. The molecule has 3 amide bonds. The second kappa shape index (κ2) is 4.22. The molecule has 16 heavy (non-hydrogen) atoms. The Morgan fingerprint density at radius 3 is 2.56 bits per heavy atom. The summed E-state index contributed by atoms with van der Waals surface area (Å²) in [7, 11) is 0. The van der Waals surface area contributed by atoms with E-state index in [0.29, 0.717) is 11.3 Å². The number of nitrogen functional groups attached to an aromatic ring is 1. The second-order valence-corrected chi connectivity index (χ2v) is 3.79. The van der Waals surface area contributed by atoms with Gasteiger partial charge in [-0.1, -0.05) is 12.1 Å². The molecule has 0 heterocycles. The van der Waals surface area contributed by atoms with Crippen LogP contribution in [0, 0.1) is 0 Å². The lowest BCUT2D eigenvalue weighted by molar-refractivity contribution is 0.0965. The molecule has 0 aliphatic heterocycles. The Morgan fingerprint density at radius 2 is 1.94 bits per heavy atom. The monoisotopic (exact) mass is 219 g/mol. The highest BCUT2D eigenvalue weighted by Crippen LogP contribution is 2.18. The van der Waals surface area contributed by atoms with Crippen LogP contribution in [0.4, 0.5) is 10.5 Å². The lowest BCUT2D eigenvalue weighted by atomic mass is 10.2. The van der Waals surface area contributed by atoms with Crippen LogP contribution in [0.25, 0.3) is 0 Å². The fourth-order valence-corrected chi connectivity index (χ4v) is 1.32. The van der Waals surface area contributed by atoms with Crippen LogP contribution in [0.15, 0.2) is 24.3 Å². The summed E-state index contributed by atoms with van der Waals surface area (Å²) in [6.45, 7) is 0. The first-order valence-electron chi connectivity index (χ1n) is 5.13. The van der Waals surface area contributed by atoms with E-state index >= 15 is 0 Å². The Hall–Kier alpha value is -2.04. The van der Waals surface area contributed by atoms with Crippen LogP contribution < -0.4 is 16.4 Å². The fourth-order valence-electron chi connectivity index (χ4n) is 1.32. The third kappa shape index (κ3) is 2.50. The van der Waals surface area contributed by atoms with Crippen molar-refractivity contribution in [3.63, 3.8) is 0 Å². The van der Waals surface area contributed by atoms with Crippen LogP contribution in [-0.4, -0.2) is 18.0 Å². The van der Waals surface area contributed by atoms with Gasteiger partial charge < -0.3 is 11.1 Å². The first-order chi connectivity index (χ1) is 7.66. The van der Waals surface area contributed by atoms with Crippen LogP contribution in [-0.2, 0) is 0 Å². The van der Waals surface area contributed by atoms with Gasteiger partial charge in [-0.25, -0.2) is 4.79 Å². The molecule has 0 unspecified atom stereocenters. The molecule has 0 saturated heterocycles. The lowest BCUT2D eigenvalue weighted by Gasteiger charge is -2.06. The molecule has 1 aromatic rings. The molecule has 1 aromatic carbocycles.